The topological polar surface area (TPSA) is 97.4 Å². The van der Waals surface area contributed by atoms with Gasteiger partial charge in [-0.1, -0.05) is 18.2 Å². The number of benzene rings is 1. The summed E-state index contributed by atoms with van der Waals surface area (Å²) in [6, 6.07) is 14.3. The van der Waals surface area contributed by atoms with E-state index in [2.05, 4.69) is 46.9 Å². The lowest BCUT2D eigenvalue weighted by atomic mass is 9.57. The Morgan fingerprint density at radius 2 is 1.79 bits per heavy atom. The van der Waals surface area contributed by atoms with Gasteiger partial charge >= 0.3 is 0 Å². The third-order valence-electron chi connectivity index (χ3n) is 5.03. The largest absolute Gasteiger partial charge is 0.399 e. The van der Waals surface area contributed by atoms with Crippen molar-refractivity contribution in [2.24, 2.45) is 17.1 Å². The molecule has 4 nitrogen and oxygen atoms in total. The molecule has 0 saturated heterocycles. The van der Waals surface area contributed by atoms with Crippen LogP contribution in [0.5, 0.6) is 0 Å². The molecule has 0 spiro atoms. The second-order valence-electron chi connectivity index (χ2n) is 6.16. The minimum Gasteiger partial charge on any atom is -0.399 e. The predicted molar refractivity (Wildman–Crippen MR) is 97.8 cm³/mol. The Balaban J connectivity index is 2.31. The van der Waals surface area contributed by atoms with E-state index in [-0.39, 0.29) is 17.5 Å². The molecule has 0 amide bonds. The normalized spacial score (nSPS) is 24.8. The van der Waals surface area contributed by atoms with E-state index in [9.17, 15) is 15.8 Å². The van der Waals surface area contributed by atoms with Gasteiger partial charge in [0.15, 0.2) is 5.41 Å². The van der Waals surface area contributed by atoms with E-state index in [4.69, 9.17) is 5.73 Å². The zero-order chi connectivity index (χ0) is 17.3. The van der Waals surface area contributed by atoms with E-state index in [1.54, 1.807) is 0 Å². The Morgan fingerprint density at radius 1 is 1.12 bits per heavy atom. The van der Waals surface area contributed by atoms with Crippen LogP contribution < -0.4 is 5.73 Å². The van der Waals surface area contributed by atoms with E-state index in [0.29, 0.717) is 5.57 Å². The highest BCUT2D eigenvalue weighted by molar-refractivity contribution is 14.1. The maximum absolute atomic E-state index is 9.88. The fourth-order valence-electron chi connectivity index (χ4n) is 3.92. The molecule has 24 heavy (non-hydrogen) atoms. The molecular formula is C19H15IN4. The van der Waals surface area contributed by atoms with Crippen LogP contribution in [-0.2, 0) is 0 Å². The maximum Gasteiger partial charge on any atom is 0.191 e. The smallest absolute Gasteiger partial charge is 0.191 e. The number of hydrogen-bond donors (Lipinski definition) is 1. The summed E-state index contributed by atoms with van der Waals surface area (Å²) in [4.78, 5) is 0. The molecule has 0 heterocycles. The predicted octanol–water partition coefficient (Wildman–Crippen LogP) is 3.88. The van der Waals surface area contributed by atoms with Crippen LogP contribution >= 0.6 is 22.6 Å². The molecule has 0 saturated carbocycles. The third-order valence-corrected chi connectivity index (χ3v) is 5.75. The molecule has 0 fully saturated rings. The number of halogens is 1. The van der Waals surface area contributed by atoms with Gasteiger partial charge in [0.2, 0.25) is 0 Å². The van der Waals surface area contributed by atoms with Crippen LogP contribution in [-0.4, -0.2) is 0 Å². The van der Waals surface area contributed by atoms with Gasteiger partial charge in [0, 0.05) is 9.49 Å². The monoisotopic (exact) mass is 426 g/mol. The van der Waals surface area contributed by atoms with Gasteiger partial charge in [0.1, 0.15) is 6.07 Å². The van der Waals surface area contributed by atoms with Gasteiger partial charge in [-0.25, -0.2) is 0 Å². The molecule has 1 aromatic rings. The van der Waals surface area contributed by atoms with Crippen molar-refractivity contribution >= 4 is 22.6 Å². The van der Waals surface area contributed by atoms with Gasteiger partial charge in [0.25, 0.3) is 0 Å². The first kappa shape index (κ1) is 16.6. The van der Waals surface area contributed by atoms with Crippen LogP contribution in [0.3, 0.4) is 0 Å². The molecule has 2 atom stereocenters. The summed E-state index contributed by atoms with van der Waals surface area (Å²) >= 11 is 2.23. The van der Waals surface area contributed by atoms with E-state index >= 15 is 0 Å². The minimum absolute atomic E-state index is 0.0277. The third kappa shape index (κ3) is 2.30. The molecule has 118 valence electrons. The lowest BCUT2D eigenvalue weighted by Gasteiger charge is -2.43. The quantitative estimate of drug-likeness (QED) is 0.689. The first-order valence-electron chi connectivity index (χ1n) is 7.77. The van der Waals surface area contributed by atoms with Gasteiger partial charge in [-0.2, -0.15) is 15.8 Å². The number of hydrogen-bond acceptors (Lipinski definition) is 4. The first-order valence-corrected chi connectivity index (χ1v) is 8.85. The molecule has 2 aliphatic rings. The fraction of sp³-hybridized carbons (Fsp3) is 0.316. The number of nitriles is 3. The van der Waals surface area contributed by atoms with Crippen LogP contribution in [0.15, 0.2) is 47.2 Å². The standard InChI is InChI=1S/C19H15IN4/c20-13-7-5-12(6-8-13)17-15-4-2-1-3-14(15)16(9-21)18(24)19(17,10-22)11-23/h3,5-8,15,17H,1-2,4,24H2/t15-,17+/m0/s1. The molecule has 0 aromatic heterocycles. The van der Waals surface area contributed by atoms with Crippen LogP contribution in [0.1, 0.15) is 30.7 Å². The van der Waals surface area contributed by atoms with E-state index < -0.39 is 5.41 Å². The Hall–Kier alpha value is -2.30. The van der Waals surface area contributed by atoms with Crippen molar-refractivity contribution in [1.82, 2.24) is 0 Å². The summed E-state index contributed by atoms with van der Waals surface area (Å²) in [6.45, 7) is 0. The summed E-state index contributed by atoms with van der Waals surface area (Å²) in [5.41, 5.74) is 6.98. The highest BCUT2D eigenvalue weighted by atomic mass is 127. The van der Waals surface area contributed by atoms with E-state index in [0.717, 1.165) is 34.0 Å². The number of rotatable bonds is 1. The van der Waals surface area contributed by atoms with Crippen LogP contribution in [0.25, 0.3) is 0 Å². The van der Waals surface area contributed by atoms with Crippen molar-refractivity contribution in [2.45, 2.75) is 25.2 Å². The van der Waals surface area contributed by atoms with Crippen LogP contribution in [0.4, 0.5) is 0 Å². The molecule has 0 unspecified atom stereocenters. The fourth-order valence-corrected chi connectivity index (χ4v) is 4.28. The SMILES string of the molecule is N#CC1=C(N)C(C#N)(C#N)[C@H](c2ccc(I)cc2)[C@H]2CCCC=C12. The summed E-state index contributed by atoms with van der Waals surface area (Å²) < 4.78 is 1.09. The number of fused-ring (bicyclic) bond motifs is 1. The highest BCUT2D eigenvalue weighted by Crippen LogP contribution is 2.55. The molecule has 2 aliphatic carbocycles. The average molecular weight is 426 g/mol. The number of nitrogens with zero attached hydrogens (tertiary/aromatic N) is 3. The van der Waals surface area contributed by atoms with Crippen molar-refractivity contribution in [3.63, 3.8) is 0 Å². The Kier molecular flexibility index (Phi) is 4.35. The molecule has 0 aliphatic heterocycles. The van der Waals surface area contributed by atoms with Crippen LogP contribution in [0, 0.1) is 48.9 Å². The number of nitrogens with two attached hydrogens (primary N) is 1. The molecule has 1 aromatic carbocycles. The molecule has 3 rings (SSSR count). The second-order valence-corrected chi connectivity index (χ2v) is 7.40. The molecule has 0 radical (unpaired) electrons. The first-order chi connectivity index (χ1) is 11.6. The van der Waals surface area contributed by atoms with Gasteiger partial charge in [-0.05, 0) is 71.0 Å². The maximum atomic E-state index is 9.88. The van der Waals surface area contributed by atoms with Gasteiger partial charge in [-0.3, -0.25) is 0 Å². The molecule has 2 N–H and O–H groups in total. The lowest BCUT2D eigenvalue weighted by Crippen LogP contribution is -2.42. The lowest BCUT2D eigenvalue weighted by molar-refractivity contribution is 0.317. The Morgan fingerprint density at radius 3 is 2.38 bits per heavy atom. The summed E-state index contributed by atoms with van der Waals surface area (Å²) in [5.74, 6) is -0.381. The molecule has 5 heteroatoms. The Bertz CT molecular complexity index is 845. The van der Waals surface area contributed by atoms with Crippen LogP contribution in [0.2, 0.25) is 0 Å². The Labute approximate surface area is 155 Å². The molecule has 0 bridgehead atoms. The zero-order valence-electron chi connectivity index (χ0n) is 13.0. The summed E-state index contributed by atoms with van der Waals surface area (Å²) in [5, 5.41) is 29.3. The van der Waals surface area contributed by atoms with Gasteiger partial charge in [0.05, 0.1) is 23.4 Å². The van der Waals surface area contributed by atoms with E-state index in [1.807, 2.05) is 24.3 Å². The second kappa shape index (κ2) is 6.30. The summed E-state index contributed by atoms with van der Waals surface area (Å²) in [6.07, 6.45) is 4.79. The van der Waals surface area contributed by atoms with Crippen molar-refractivity contribution in [3.8, 4) is 18.2 Å². The van der Waals surface area contributed by atoms with Crippen molar-refractivity contribution in [3.05, 3.63) is 56.3 Å². The highest BCUT2D eigenvalue weighted by Gasteiger charge is 2.53. The van der Waals surface area contributed by atoms with Gasteiger partial charge in [-0.15, -0.1) is 0 Å². The van der Waals surface area contributed by atoms with Crippen molar-refractivity contribution < 1.29 is 0 Å². The van der Waals surface area contributed by atoms with Crippen molar-refractivity contribution in [2.75, 3.05) is 0 Å². The summed E-state index contributed by atoms with van der Waals surface area (Å²) in [7, 11) is 0. The van der Waals surface area contributed by atoms with E-state index in [1.165, 1.54) is 0 Å². The van der Waals surface area contributed by atoms with Crippen molar-refractivity contribution in [1.29, 1.82) is 15.8 Å². The minimum atomic E-state index is -1.50. The average Bonchev–Trinajstić information content (AvgIpc) is 2.62. The van der Waals surface area contributed by atoms with Gasteiger partial charge < -0.3 is 5.73 Å². The zero-order valence-corrected chi connectivity index (χ0v) is 15.1. The number of allylic oxidation sites excluding steroid dienone is 4. The molecular weight excluding hydrogens is 411 g/mol.